The molecule has 2 rings (SSSR count). The number of carbonyl (C=O) groups is 2. The fourth-order valence-electron chi connectivity index (χ4n) is 2.10. The molecule has 134 valence electrons. The Balaban J connectivity index is 2.21. The lowest BCUT2D eigenvalue weighted by atomic mass is 10.3. The molecule has 0 aliphatic rings. The molecule has 0 fully saturated rings. The van der Waals surface area contributed by atoms with Gasteiger partial charge in [-0.3, -0.25) is 5.32 Å². The number of aliphatic hydroxyl groups is 1. The highest BCUT2D eigenvalue weighted by molar-refractivity contribution is 6.04. The van der Waals surface area contributed by atoms with Crippen molar-refractivity contribution < 1.29 is 23.8 Å². The van der Waals surface area contributed by atoms with Crippen molar-refractivity contribution in [1.29, 1.82) is 0 Å². The predicted molar refractivity (Wildman–Crippen MR) is 88.9 cm³/mol. The molecule has 1 atom stereocenters. The summed E-state index contributed by atoms with van der Waals surface area (Å²) in [6, 6.07) is 4.68. The normalized spacial score (nSPS) is 11.7. The van der Waals surface area contributed by atoms with Crippen LogP contribution in [0.25, 0.3) is 0 Å². The van der Waals surface area contributed by atoms with Crippen LogP contribution >= 0.6 is 0 Å². The van der Waals surface area contributed by atoms with Crippen LogP contribution in [0.5, 0.6) is 0 Å². The summed E-state index contributed by atoms with van der Waals surface area (Å²) < 4.78 is 19.4. The number of nitrogens with one attached hydrogen (secondary N) is 2. The van der Waals surface area contributed by atoms with E-state index in [2.05, 4.69) is 15.7 Å². The molecule has 2 amide bonds. The maximum atomic E-state index is 13.2. The van der Waals surface area contributed by atoms with Crippen LogP contribution in [0.15, 0.2) is 30.5 Å². The van der Waals surface area contributed by atoms with E-state index >= 15 is 0 Å². The summed E-state index contributed by atoms with van der Waals surface area (Å²) in [5.74, 6) is -1.07. The van der Waals surface area contributed by atoms with Crippen LogP contribution < -0.4 is 10.6 Å². The largest absolute Gasteiger partial charge is 0.462 e. The third-order valence-electron chi connectivity index (χ3n) is 3.09. The van der Waals surface area contributed by atoms with E-state index in [1.54, 1.807) is 13.8 Å². The molecule has 0 saturated carbocycles. The summed E-state index contributed by atoms with van der Waals surface area (Å²) >= 11 is 0. The van der Waals surface area contributed by atoms with E-state index in [1.165, 1.54) is 29.1 Å². The third-order valence-corrected chi connectivity index (χ3v) is 3.09. The highest BCUT2D eigenvalue weighted by Crippen LogP contribution is 2.18. The van der Waals surface area contributed by atoms with Gasteiger partial charge >= 0.3 is 12.0 Å². The first-order valence-electron chi connectivity index (χ1n) is 7.65. The number of carbonyl (C=O) groups excluding carboxylic acids is 2. The topological polar surface area (TPSA) is 105 Å². The first-order valence-corrected chi connectivity index (χ1v) is 7.65. The lowest BCUT2D eigenvalue weighted by Gasteiger charge is -2.13. The molecule has 0 spiro atoms. The van der Waals surface area contributed by atoms with Gasteiger partial charge in [-0.1, -0.05) is 6.07 Å². The molecular formula is C16H19FN4O4. The Kier molecular flexibility index (Phi) is 6.07. The Bertz CT molecular complexity index is 760. The molecular weight excluding hydrogens is 331 g/mol. The summed E-state index contributed by atoms with van der Waals surface area (Å²) in [5.41, 5.74) is 0.300. The molecule has 1 heterocycles. The second-order valence-electron chi connectivity index (χ2n) is 5.25. The predicted octanol–water partition coefficient (Wildman–Crippen LogP) is 2.22. The van der Waals surface area contributed by atoms with Crippen LogP contribution in [-0.4, -0.2) is 39.6 Å². The molecule has 9 heteroatoms. The van der Waals surface area contributed by atoms with Crippen LogP contribution in [0.2, 0.25) is 0 Å². The Morgan fingerprint density at radius 3 is 2.80 bits per heavy atom. The Hall–Kier alpha value is -2.94. The number of hydrogen-bond donors (Lipinski definition) is 3. The molecule has 0 saturated heterocycles. The van der Waals surface area contributed by atoms with Crippen molar-refractivity contribution in [3.8, 4) is 0 Å². The molecule has 8 nitrogen and oxygen atoms in total. The van der Waals surface area contributed by atoms with Gasteiger partial charge in [0, 0.05) is 5.69 Å². The van der Waals surface area contributed by atoms with Crippen molar-refractivity contribution in [2.24, 2.45) is 0 Å². The van der Waals surface area contributed by atoms with Gasteiger partial charge in [-0.25, -0.2) is 18.7 Å². The number of nitrogens with zero attached hydrogens (tertiary/aromatic N) is 2. The lowest BCUT2D eigenvalue weighted by Crippen LogP contribution is -2.25. The average molecular weight is 350 g/mol. The van der Waals surface area contributed by atoms with Gasteiger partial charge in [0.2, 0.25) is 0 Å². The number of aromatic nitrogens is 2. The van der Waals surface area contributed by atoms with Crippen LogP contribution in [0.3, 0.4) is 0 Å². The van der Waals surface area contributed by atoms with Crippen molar-refractivity contribution >= 4 is 23.5 Å². The minimum Gasteiger partial charge on any atom is -0.462 e. The summed E-state index contributed by atoms with van der Waals surface area (Å²) in [6.07, 6.45) is 0.500. The second kappa shape index (κ2) is 8.25. The second-order valence-corrected chi connectivity index (χ2v) is 5.25. The zero-order chi connectivity index (χ0) is 18.4. The molecule has 0 aliphatic heterocycles. The fourth-order valence-corrected chi connectivity index (χ4v) is 2.10. The molecule has 2 aromatic rings. The van der Waals surface area contributed by atoms with Crippen molar-refractivity contribution in [2.45, 2.75) is 26.5 Å². The van der Waals surface area contributed by atoms with Gasteiger partial charge in [0.25, 0.3) is 0 Å². The monoisotopic (exact) mass is 350 g/mol. The standard InChI is InChI=1S/C16H19FN4O4/c1-3-25-15(23)13-8-18-21(9-10(2)22)14(13)20-16(24)19-12-6-4-5-11(17)7-12/h4-8,10,22H,3,9H2,1-2H3,(H2,19,20,24). The van der Waals surface area contributed by atoms with Crippen molar-refractivity contribution in [1.82, 2.24) is 9.78 Å². The van der Waals surface area contributed by atoms with Crippen LogP contribution in [0.4, 0.5) is 20.7 Å². The van der Waals surface area contributed by atoms with Crippen LogP contribution in [0.1, 0.15) is 24.2 Å². The van der Waals surface area contributed by atoms with Crippen molar-refractivity contribution in [2.75, 3.05) is 17.2 Å². The van der Waals surface area contributed by atoms with Crippen molar-refractivity contribution in [3.05, 3.63) is 41.8 Å². The fraction of sp³-hybridized carbons (Fsp3) is 0.312. The Morgan fingerprint density at radius 2 is 2.16 bits per heavy atom. The molecule has 0 radical (unpaired) electrons. The molecule has 3 N–H and O–H groups in total. The number of aliphatic hydroxyl groups excluding tert-OH is 1. The number of halogens is 1. The molecule has 1 unspecified atom stereocenters. The summed E-state index contributed by atoms with van der Waals surface area (Å²) in [7, 11) is 0. The highest BCUT2D eigenvalue weighted by atomic mass is 19.1. The SMILES string of the molecule is CCOC(=O)c1cnn(CC(C)O)c1NC(=O)Nc1cccc(F)c1. The minimum atomic E-state index is -0.748. The maximum Gasteiger partial charge on any atom is 0.343 e. The molecule has 0 aliphatic carbocycles. The zero-order valence-corrected chi connectivity index (χ0v) is 13.8. The summed E-state index contributed by atoms with van der Waals surface area (Å²) in [4.78, 5) is 24.2. The molecule has 0 bridgehead atoms. The van der Waals surface area contributed by atoms with E-state index < -0.39 is 23.9 Å². The van der Waals surface area contributed by atoms with E-state index in [1.807, 2.05) is 0 Å². The number of esters is 1. The third kappa shape index (κ3) is 5.01. The Labute approximate surface area is 143 Å². The van der Waals surface area contributed by atoms with Crippen LogP contribution in [0, 0.1) is 5.82 Å². The molecule has 25 heavy (non-hydrogen) atoms. The van der Waals surface area contributed by atoms with E-state index in [0.29, 0.717) is 0 Å². The van der Waals surface area contributed by atoms with Gasteiger partial charge in [-0.05, 0) is 32.0 Å². The smallest absolute Gasteiger partial charge is 0.343 e. The first-order chi connectivity index (χ1) is 11.9. The number of hydrogen-bond acceptors (Lipinski definition) is 5. The van der Waals surface area contributed by atoms with Gasteiger partial charge < -0.3 is 15.2 Å². The number of anilines is 2. The number of rotatable bonds is 6. The number of benzene rings is 1. The first kappa shape index (κ1) is 18.4. The quantitative estimate of drug-likeness (QED) is 0.693. The van der Waals surface area contributed by atoms with Gasteiger partial charge in [-0.15, -0.1) is 0 Å². The Morgan fingerprint density at radius 1 is 1.40 bits per heavy atom. The lowest BCUT2D eigenvalue weighted by molar-refractivity contribution is 0.0527. The van der Waals surface area contributed by atoms with Gasteiger partial charge in [0.1, 0.15) is 17.2 Å². The van der Waals surface area contributed by atoms with E-state index in [-0.39, 0.29) is 30.2 Å². The molecule has 1 aromatic carbocycles. The molecule has 1 aromatic heterocycles. The summed E-state index contributed by atoms with van der Waals surface area (Å²) in [6.45, 7) is 3.43. The maximum absolute atomic E-state index is 13.2. The number of amides is 2. The number of urea groups is 1. The average Bonchev–Trinajstić information content (AvgIpc) is 2.89. The highest BCUT2D eigenvalue weighted by Gasteiger charge is 2.21. The number of ether oxygens (including phenoxy) is 1. The van der Waals surface area contributed by atoms with E-state index in [0.717, 1.165) is 6.07 Å². The van der Waals surface area contributed by atoms with Gasteiger partial charge in [0.05, 0.1) is 25.5 Å². The minimum absolute atomic E-state index is 0.0527. The van der Waals surface area contributed by atoms with Gasteiger partial charge in [0.15, 0.2) is 0 Å². The van der Waals surface area contributed by atoms with Crippen molar-refractivity contribution in [3.63, 3.8) is 0 Å². The van der Waals surface area contributed by atoms with E-state index in [9.17, 15) is 19.1 Å². The van der Waals surface area contributed by atoms with Crippen LogP contribution in [-0.2, 0) is 11.3 Å². The van der Waals surface area contributed by atoms with Gasteiger partial charge in [-0.2, -0.15) is 5.10 Å². The zero-order valence-electron chi connectivity index (χ0n) is 13.8. The summed E-state index contributed by atoms with van der Waals surface area (Å²) in [5, 5.41) is 18.5. The van der Waals surface area contributed by atoms with E-state index in [4.69, 9.17) is 4.74 Å².